The zero-order valence-electron chi connectivity index (χ0n) is 15.5. The molecule has 26 heavy (non-hydrogen) atoms. The van der Waals surface area contributed by atoms with Crippen LogP contribution in [-0.2, 0) is 9.53 Å². The Kier molecular flexibility index (Phi) is 5.46. The van der Waals surface area contributed by atoms with Crippen LogP contribution in [0.2, 0.25) is 0 Å². The van der Waals surface area contributed by atoms with Gasteiger partial charge in [-0.3, -0.25) is 4.79 Å². The number of hydrogen-bond donors (Lipinski definition) is 3. The second-order valence-corrected chi connectivity index (χ2v) is 6.71. The average Bonchev–Trinajstić information content (AvgIpc) is 3.04. The number of amides is 1. The molecule has 1 aromatic carbocycles. The normalized spacial score (nSPS) is 16.3. The van der Waals surface area contributed by atoms with Gasteiger partial charge >= 0.3 is 5.97 Å². The summed E-state index contributed by atoms with van der Waals surface area (Å²) in [5, 5.41) is 3.70. The second-order valence-electron chi connectivity index (χ2n) is 6.71. The number of H-pyrrole nitrogens is 1. The number of aromatic amines is 1. The molecule has 0 saturated carbocycles. The van der Waals surface area contributed by atoms with Crippen molar-refractivity contribution in [3.63, 3.8) is 0 Å². The van der Waals surface area contributed by atoms with Crippen molar-refractivity contribution in [2.24, 2.45) is 0 Å². The van der Waals surface area contributed by atoms with E-state index in [9.17, 15) is 9.59 Å². The van der Waals surface area contributed by atoms with E-state index in [0.717, 1.165) is 31.3 Å². The fourth-order valence-electron chi connectivity index (χ4n) is 3.54. The van der Waals surface area contributed by atoms with Crippen molar-refractivity contribution in [3.05, 3.63) is 23.9 Å². The first-order valence-electron chi connectivity index (χ1n) is 8.98. The molecule has 1 fully saturated rings. The minimum atomic E-state index is -0.520. The molecule has 1 aromatic heterocycles. The minimum absolute atomic E-state index is 0.0937. The van der Waals surface area contributed by atoms with Crippen molar-refractivity contribution in [2.45, 2.75) is 32.2 Å². The number of carbonyl (C=O) groups is 2. The van der Waals surface area contributed by atoms with Crippen LogP contribution in [0.15, 0.2) is 18.2 Å². The van der Waals surface area contributed by atoms with Crippen LogP contribution in [-0.4, -0.2) is 50.2 Å². The smallest absolute Gasteiger partial charge is 0.356 e. The third kappa shape index (κ3) is 3.53. The van der Waals surface area contributed by atoms with Crippen molar-refractivity contribution in [2.75, 3.05) is 32.6 Å². The number of piperidine rings is 1. The van der Waals surface area contributed by atoms with Gasteiger partial charge in [0.25, 0.3) is 5.91 Å². The van der Waals surface area contributed by atoms with Gasteiger partial charge in [0.15, 0.2) is 6.04 Å². The molecule has 0 spiro atoms. The quantitative estimate of drug-likeness (QED) is 0.703. The van der Waals surface area contributed by atoms with Crippen molar-refractivity contribution in [3.8, 4) is 5.75 Å². The number of rotatable bonds is 5. The van der Waals surface area contributed by atoms with E-state index in [1.807, 2.05) is 13.0 Å². The molecule has 0 radical (unpaired) electrons. The molecule has 0 aliphatic carbocycles. The number of fused-ring (bicyclic) bond motifs is 1. The maximum absolute atomic E-state index is 12.8. The number of hydrogen-bond acceptors (Lipinski definition) is 4. The first-order valence-corrected chi connectivity index (χ1v) is 8.98. The van der Waals surface area contributed by atoms with Crippen molar-refractivity contribution >= 4 is 28.5 Å². The molecule has 3 N–H and O–H groups in total. The van der Waals surface area contributed by atoms with Crippen LogP contribution in [0.1, 0.15) is 36.7 Å². The summed E-state index contributed by atoms with van der Waals surface area (Å²) in [6, 6.07) is 5.23. The number of nitrogens with one attached hydrogen (secondary N) is 3. The third-order valence-electron chi connectivity index (χ3n) is 5.14. The monoisotopic (exact) mass is 360 g/mol. The Morgan fingerprint density at radius 2 is 1.92 bits per heavy atom. The van der Waals surface area contributed by atoms with Crippen molar-refractivity contribution in [1.29, 1.82) is 0 Å². The number of benzene rings is 1. The van der Waals surface area contributed by atoms with Crippen LogP contribution in [0, 0.1) is 0 Å². The minimum Gasteiger partial charge on any atom is -0.497 e. The summed E-state index contributed by atoms with van der Waals surface area (Å²) in [6.45, 7) is 3.94. The fourth-order valence-corrected chi connectivity index (χ4v) is 3.54. The van der Waals surface area contributed by atoms with E-state index in [1.54, 1.807) is 19.2 Å². The third-order valence-corrected chi connectivity index (χ3v) is 5.14. The van der Waals surface area contributed by atoms with Gasteiger partial charge in [0.05, 0.1) is 38.5 Å². The maximum atomic E-state index is 12.8. The lowest BCUT2D eigenvalue weighted by atomic mass is 10.1. The first kappa shape index (κ1) is 18.3. The van der Waals surface area contributed by atoms with Crippen LogP contribution in [0.25, 0.3) is 10.9 Å². The summed E-state index contributed by atoms with van der Waals surface area (Å²) >= 11 is 0. The number of esters is 1. The summed E-state index contributed by atoms with van der Waals surface area (Å²) < 4.78 is 10.1. The van der Waals surface area contributed by atoms with Gasteiger partial charge < -0.3 is 24.7 Å². The lowest BCUT2D eigenvalue weighted by Gasteiger charge is -2.28. The topological polar surface area (TPSA) is 84.9 Å². The molecule has 7 heteroatoms. The second kappa shape index (κ2) is 7.78. The molecule has 2 aromatic rings. The molecule has 2 heterocycles. The van der Waals surface area contributed by atoms with Gasteiger partial charge in [-0.25, -0.2) is 4.79 Å². The highest BCUT2D eigenvalue weighted by Crippen LogP contribution is 2.31. The molecule has 1 aliphatic heterocycles. The predicted molar refractivity (Wildman–Crippen MR) is 98.8 cm³/mol. The number of methoxy groups -OCH3 is 2. The van der Waals surface area contributed by atoms with Crippen LogP contribution in [0.4, 0.5) is 5.69 Å². The van der Waals surface area contributed by atoms with Crippen LogP contribution < -0.4 is 15.0 Å². The lowest BCUT2D eigenvalue weighted by molar-refractivity contribution is -0.918. The number of anilines is 1. The predicted octanol–water partition coefficient (Wildman–Crippen LogP) is 1.36. The maximum Gasteiger partial charge on any atom is 0.356 e. The highest BCUT2D eigenvalue weighted by molar-refractivity contribution is 6.11. The standard InChI is InChI=1S/C19H25N3O4/c1-12(22-9-5-4-6-10-22)18(23)21-16-14-8-7-13(25-2)11-15(14)20-17(16)19(24)26-3/h7-8,11-12,20H,4-6,9-10H2,1-3H3,(H,21,23)/p+1/t12-/m1/s1. The molecular weight excluding hydrogens is 334 g/mol. The van der Waals surface area contributed by atoms with E-state index in [1.165, 1.54) is 18.4 Å². The molecule has 1 saturated heterocycles. The summed E-state index contributed by atoms with van der Waals surface area (Å²) in [7, 11) is 2.90. The molecule has 1 amide bonds. The fraction of sp³-hybridized carbons (Fsp3) is 0.474. The van der Waals surface area contributed by atoms with Gasteiger partial charge in [0.2, 0.25) is 0 Å². The molecule has 1 atom stereocenters. The Bertz CT molecular complexity index is 808. The molecule has 0 bridgehead atoms. The highest BCUT2D eigenvalue weighted by Gasteiger charge is 2.29. The van der Waals surface area contributed by atoms with Crippen molar-refractivity contribution in [1.82, 2.24) is 4.98 Å². The van der Waals surface area contributed by atoms with Gasteiger partial charge in [-0.05, 0) is 38.3 Å². The van der Waals surface area contributed by atoms with E-state index in [0.29, 0.717) is 17.0 Å². The lowest BCUT2D eigenvalue weighted by Crippen LogP contribution is -3.17. The highest BCUT2D eigenvalue weighted by atomic mass is 16.5. The SMILES string of the molecule is COC(=O)c1[nH]c2cc(OC)ccc2c1NC(=O)[C@@H](C)[NH+]1CCCCC1. The van der Waals surface area contributed by atoms with Crippen LogP contribution >= 0.6 is 0 Å². The molecular formula is C19H26N3O4+. The van der Waals surface area contributed by atoms with Gasteiger partial charge in [-0.1, -0.05) is 0 Å². The van der Waals surface area contributed by atoms with Crippen LogP contribution in [0.3, 0.4) is 0 Å². The molecule has 1 aliphatic rings. The number of aromatic nitrogens is 1. The van der Waals surface area contributed by atoms with E-state index < -0.39 is 5.97 Å². The van der Waals surface area contributed by atoms with Gasteiger partial charge in [-0.2, -0.15) is 0 Å². The van der Waals surface area contributed by atoms with Crippen LogP contribution in [0.5, 0.6) is 5.75 Å². The Morgan fingerprint density at radius 1 is 1.19 bits per heavy atom. The van der Waals surface area contributed by atoms with E-state index >= 15 is 0 Å². The Balaban J connectivity index is 1.91. The summed E-state index contributed by atoms with van der Waals surface area (Å²) in [6.07, 6.45) is 3.52. The number of ether oxygens (including phenoxy) is 2. The summed E-state index contributed by atoms with van der Waals surface area (Å²) in [4.78, 5) is 29.3. The molecule has 0 unspecified atom stereocenters. The summed E-state index contributed by atoms with van der Waals surface area (Å²) in [5.41, 5.74) is 1.41. The van der Waals surface area contributed by atoms with Gasteiger partial charge in [0.1, 0.15) is 11.4 Å². The van der Waals surface area contributed by atoms with Gasteiger partial charge in [0, 0.05) is 11.5 Å². The Morgan fingerprint density at radius 3 is 2.58 bits per heavy atom. The van der Waals surface area contributed by atoms with Gasteiger partial charge in [-0.15, -0.1) is 0 Å². The van der Waals surface area contributed by atoms with Crippen molar-refractivity contribution < 1.29 is 24.0 Å². The number of likely N-dealkylation sites (tertiary alicyclic amines) is 1. The Labute approximate surface area is 152 Å². The molecule has 3 rings (SSSR count). The zero-order chi connectivity index (χ0) is 18.7. The zero-order valence-corrected chi connectivity index (χ0v) is 15.5. The average molecular weight is 360 g/mol. The number of carbonyl (C=O) groups excluding carboxylic acids is 2. The van der Waals surface area contributed by atoms with E-state index in [-0.39, 0.29) is 17.6 Å². The largest absolute Gasteiger partial charge is 0.497 e. The Hall–Kier alpha value is -2.54. The first-order chi connectivity index (χ1) is 12.5. The number of quaternary nitrogens is 1. The van der Waals surface area contributed by atoms with E-state index in [4.69, 9.17) is 9.47 Å². The van der Waals surface area contributed by atoms with E-state index in [2.05, 4.69) is 10.3 Å². The molecule has 7 nitrogen and oxygen atoms in total. The molecule has 140 valence electrons. The summed E-state index contributed by atoms with van der Waals surface area (Å²) in [5.74, 6) is 0.0522.